The summed E-state index contributed by atoms with van der Waals surface area (Å²) in [5.41, 5.74) is 1.25. The van der Waals surface area contributed by atoms with Crippen LogP contribution in [0.5, 0.6) is 0 Å². The van der Waals surface area contributed by atoms with Crippen molar-refractivity contribution in [3.63, 3.8) is 0 Å². The van der Waals surface area contributed by atoms with Gasteiger partial charge >= 0.3 is 0 Å². The monoisotopic (exact) mass is 313 g/mol. The van der Waals surface area contributed by atoms with Crippen molar-refractivity contribution in [1.29, 1.82) is 0 Å². The van der Waals surface area contributed by atoms with Crippen LogP contribution in [-0.4, -0.2) is 25.3 Å². The van der Waals surface area contributed by atoms with E-state index in [1.807, 2.05) is 0 Å². The predicted octanol–water partition coefficient (Wildman–Crippen LogP) is 2.11. The Morgan fingerprint density at radius 3 is 2.62 bits per heavy atom. The molecule has 0 unspecified atom stereocenters. The number of amides is 1. The molecule has 1 N–H and O–H groups in total. The molecule has 0 aliphatic heterocycles. The second-order valence-corrected chi connectivity index (χ2v) is 7.85. The second kappa shape index (κ2) is 6.56. The van der Waals surface area contributed by atoms with Crippen molar-refractivity contribution in [3.05, 3.63) is 35.1 Å². The maximum atomic E-state index is 13.1. The lowest BCUT2D eigenvalue weighted by Crippen LogP contribution is -2.33. The van der Waals surface area contributed by atoms with Crippen molar-refractivity contribution in [3.8, 4) is 0 Å². The zero-order valence-corrected chi connectivity index (χ0v) is 12.9. The molecule has 2 rings (SSSR count). The highest BCUT2D eigenvalue weighted by atomic mass is 32.2. The highest BCUT2D eigenvalue weighted by Gasteiger charge is 2.30. The van der Waals surface area contributed by atoms with Gasteiger partial charge in [-0.2, -0.15) is 0 Å². The zero-order chi connectivity index (χ0) is 15.5. The molecule has 0 spiro atoms. The van der Waals surface area contributed by atoms with Crippen molar-refractivity contribution in [2.24, 2.45) is 0 Å². The zero-order valence-electron chi connectivity index (χ0n) is 12.1. The number of halogens is 1. The summed E-state index contributed by atoms with van der Waals surface area (Å²) in [6.07, 6.45) is 3.15. The van der Waals surface area contributed by atoms with Gasteiger partial charge in [0.25, 0.3) is 0 Å². The van der Waals surface area contributed by atoms with Gasteiger partial charge in [0.2, 0.25) is 5.91 Å². The van der Waals surface area contributed by atoms with Crippen LogP contribution in [0.2, 0.25) is 0 Å². The molecule has 1 amide bonds. The normalized spacial score (nSPS) is 16.1. The number of carbonyl (C=O) groups is 1. The second-order valence-electron chi connectivity index (χ2n) is 5.57. The maximum absolute atomic E-state index is 13.1. The van der Waals surface area contributed by atoms with Gasteiger partial charge in [-0.15, -0.1) is 0 Å². The summed E-state index contributed by atoms with van der Waals surface area (Å²) in [5.74, 6) is -1.25. The summed E-state index contributed by atoms with van der Waals surface area (Å²) in [5, 5.41) is 2.22. The standard InChI is InChI=1S/C15H20FNO3S/c1-11-8-12(6-7-14(11)16)9-17-15(18)10-21(19,20)13-4-2-3-5-13/h6-8,13H,2-5,9-10H2,1H3,(H,17,18). The van der Waals surface area contributed by atoms with Crippen molar-refractivity contribution >= 4 is 15.7 Å². The molecule has 0 atom stereocenters. The molecule has 1 aromatic rings. The van der Waals surface area contributed by atoms with E-state index < -0.39 is 21.5 Å². The topological polar surface area (TPSA) is 63.2 Å². The number of hydrogen-bond donors (Lipinski definition) is 1. The van der Waals surface area contributed by atoms with E-state index in [4.69, 9.17) is 0 Å². The number of rotatable bonds is 5. The molecule has 1 saturated carbocycles. The molecule has 0 radical (unpaired) electrons. The minimum absolute atomic E-state index is 0.208. The predicted molar refractivity (Wildman–Crippen MR) is 79.0 cm³/mol. The summed E-state index contributed by atoms with van der Waals surface area (Å²) >= 11 is 0. The third-order valence-corrected chi connectivity index (χ3v) is 6.01. The van der Waals surface area contributed by atoms with E-state index in [2.05, 4.69) is 5.32 Å². The molecule has 0 heterocycles. The first-order valence-electron chi connectivity index (χ1n) is 7.12. The van der Waals surface area contributed by atoms with Gasteiger partial charge in [0.1, 0.15) is 11.6 Å². The minimum atomic E-state index is -3.35. The SMILES string of the molecule is Cc1cc(CNC(=O)CS(=O)(=O)C2CCCC2)ccc1F. The third kappa shape index (κ3) is 4.27. The van der Waals surface area contributed by atoms with Crippen molar-refractivity contribution in [2.45, 2.75) is 44.4 Å². The van der Waals surface area contributed by atoms with Gasteiger partial charge in [0.05, 0.1) is 5.25 Å². The van der Waals surface area contributed by atoms with Gasteiger partial charge in [-0.25, -0.2) is 12.8 Å². The molecule has 0 aromatic heterocycles. The molecule has 1 aliphatic rings. The maximum Gasteiger partial charge on any atom is 0.235 e. The first-order valence-corrected chi connectivity index (χ1v) is 8.83. The van der Waals surface area contributed by atoms with Gasteiger partial charge in [-0.05, 0) is 37.0 Å². The molecule has 116 valence electrons. The number of hydrogen-bond acceptors (Lipinski definition) is 3. The molecular weight excluding hydrogens is 293 g/mol. The Hall–Kier alpha value is -1.43. The molecule has 1 aromatic carbocycles. The highest BCUT2D eigenvalue weighted by Crippen LogP contribution is 2.25. The van der Waals surface area contributed by atoms with Crippen LogP contribution < -0.4 is 5.32 Å². The highest BCUT2D eigenvalue weighted by molar-refractivity contribution is 7.92. The van der Waals surface area contributed by atoms with Crippen molar-refractivity contribution < 1.29 is 17.6 Å². The number of sulfone groups is 1. The fourth-order valence-electron chi connectivity index (χ4n) is 2.62. The van der Waals surface area contributed by atoms with E-state index in [1.165, 1.54) is 6.07 Å². The van der Waals surface area contributed by atoms with Crippen molar-refractivity contribution in [2.75, 3.05) is 5.75 Å². The van der Waals surface area contributed by atoms with E-state index in [9.17, 15) is 17.6 Å². The van der Waals surface area contributed by atoms with Gasteiger partial charge in [0, 0.05) is 6.54 Å². The third-order valence-electron chi connectivity index (χ3n) is 3.85. The van der Waals surface area contributed by atoms with Crippen LogP contribution in [0.25, 0.3) is 0 Å². The molecule has 6 heteroatoms. The Morgan fingerprint density at radius 2 is 2.00 bits per heavy atom. The molecule has 1 fully saturated rings. The van der Waals surface area contributed by atoms with E-state index in [-0.39, 0.29) is 17.6 Å². The van der Waals surface area contributed by atoms with Crippen molar-refractivity contribution in [1.82, 2.24) is 5.32 Å². The van der Waals surface area contributed by atoms with Crippen LogP contribution in [0.4, 0.5) is 4.39 Å². The van der Waals surface area contributed by atoms with Crippen LogP contribution in [0.3, 0.4) is 0 Å². The van der Waals surface area contributed by atoms with Gasteiger partial charge < -0.3 is 5.32 Å². The molecule has 0 saturated heterocycles. The number of carbonyl (C=O) groups excluding carboxylic acids is 1. The van der Waals surface area contributed by atoms with Crippen LogP contribution in [0.1, 0.15) is 36.8 Å². The smallest absolute Gasteiger partial charge is 0.235 e. The van der Waals surface area contributed by atoms with Gasteiger partial charge in [0.15, 0.2) is 9.84 Å². The number of nitrogens with one attached hydrogen (secondary N) is 1. The summed E-state index contributed by atoms with van der Waals surface area (Å²) in [7, 11) is -3.35. The van der Waals surface area contributed by atoms with Crippen LogP contribution in [-0.2, 0) is 21.2 Å². The molecule has 4 nitrogen and oxygen atoms in total. The average molecular weight is 313 g/mol. The molecule has 1 aliphatic carbocycles. The summed E-state index contributed by atoms with van der Waals surface area (Å²) in [4.78, 5) is 11.8. The Balaban J connectivity index is 1.88. The Bertz CT molecular complexity index is 622. The average Bonchev–Trinajstić information content (AvgIpc) is 2.94. The van der Waals surface area contributed by atoms with E-state index >= 15 is 0 Å². The lowest BCUT2D eigenvalue weighted by atomic mass is 10.1. The minimum Gasteiger partial charge on any atom is -0.351 e. The molecule has 21 heavy (non-hydrogen) atoms. The Morgan fingerprint density at radius 1 is 1.33 bits per heavy atom. The first kappa shape index (κ1) is 15.9. The van der Waals surface area contributed by atoms with E-state index in [1.54, 1.807) is 19.1 Å². The molecule has 0 bridgehead atoms. The van der Waals surface area contributed by atoms with Crippen LogP contribution in [0, 0.1) is 12.7 Å². The summed E-state index contributed by atoms with van der Waals surface area (Å²) in [6, 6.07) is 4.56. The first-order chi connectivity index (χ1) is 9.88. The fraction of sp³-hybridized carbons (Fsp3) is 0.533. The van der Waals surface area contributed by atoms with Gasteiger partial charge in [-0.1, -0.05) is 25.0 Å². The van der Waals surface area contributed by atoms with Crippen LogP contribution >= 0.6 is 0 Å². The van der Waals surface area contributed by atoms with E-state index in [0.717, 1.165) is 18.4 Å². The Labute approximate surface area is 124 Å². The van der Waals surface area contributed by atoms with Gasteiger partial charge in [-0.3, -0.25) is 4.79 Å². The Kier molecular flexibility index (Phi) is 4.98. The lowest BCUT2D eigenvalue weighted by Gasteiger charge is -2.11. The van der Waals surface area contributed by atoms with E-state index in [0.29, 0.717) is 18.4 Å². The number of benzene rings is 1. The fourth-order valence-corrected chi connectivity index (χ4v) is 4.37. The lowest BCUT2D eigenvalue weighted by molar-refractivity contribution is -0.118. The van der Waals surface area contributed by atoms with Crippen LogP contribution in [0.15, 0.2) is 18.2 Å². The summed E-state index contributed by atoms with van der Waals surface area (Å²) in [6.45, 7) is 1.85. The quantitative estimate of drug-likeness (QED) is 0.905. The summed E-state index contributed by atoms with van der Waals surface area (Å²) < 4.78 is 37.2. The largest absolute Gasteiger partial charge is 0.351 e. The molecular formula is C15H20FNO3S. The number of aryl methyl sites for hydroxylation is 1.